The SMILES string of the molecule is CC(C)S(=O)(=O)CC(=O)NCC1CCCN1.Cl. The van der Waals surface area contributed by atoms with Crippen LogP contribution in [0.3, 0.4) is 0 Å². The smallest absolute Gasteiger partial charge is 0.235 e. The molecule has 1 heterocycles. The lowest BCUT2D eigenvalue weighted by Gasteiger charge is -2.12. The second-order valence-corrected chi connectivity index (χ2v) is 7.01. The first-order valence-corrected chi connectivity index (χ1v) is 7.35. The van der Waals surface area contributed by atoms with Gasteiger partial charge in [0.05, 0.1) is 5.25 Å². The summed E-state index contributed by atoms with van der Waals surface area (Å²) < 4.78 is 22.9. The molecule has 1 atom stereocenters. The third-order valence-electron chi connectivity index (χ3n) is 2.76. The molecule has 1 amide bonds. The highest BCUT2D eigenvalue weighted by Crippen LogP contribution is 2.04. The molecule has 0 saturated carbocycles. The Bertz CT molecular complexity index is 337. The monoisotopic (exact) mass is 284 g/mol. The van der Waals surface area contributed by atoms with E-state index >= 15 is 0 Å². The third kappa shape index (κ3) is 5.70. The molecule has 0 aromatic heterocycles. The molecule has 0 aromatic rings. The van der Waals surface area contributed by atoms with Crippen molar-refractivity contribution in [2.75, 3.05) is 18.8 Å². The summed E-state index contributed by atoms with van der Waals surface area (Å²) in [5.74, 6) is -0.806. The Kier molecular flexibility index (Phi) is 7.04. The van der Waals surface area contributed by atoms with Crippen LogP contribution in [0.2, 0.25) is 0 Å². The molecular formula is C10H21ClN2O3S. The number of halogens is 1. The summed E-state index contributed by atoms with van der Waals surface area (Å²) in [6, 6.07) is 0.297. The van der Waals surface area contributed by atoms with Crippen molar-refractivity contribution >= 4 is 28.2 Å². The molecule has 1 rings (SSSR count). The lowest BCUT2D eigenvalue weighted by molar-refractivity contribution is -0.118. The molecule has 1 aliphatic heterocycles. The first-order chi connectivity index (χ1) is 7.42. The van der Waals surface area contributed by atoms with Crippen molar-refractivity contribution in [1.29, 1.82) is 0 Å². The molecule has 0 radical (unpaired) electrons. The van der Waals surface area contributed by atoms with E-state index in [1.807, 2.05) is 0 Å². The molecule has 0 spiro atoms. The lowest BCUT2D eigenvalue weighted by Crippen LogP contribution is -2.40. The summed E-state index contributed by atoms with van der Waals surface area (Å²) in [7, 11) is -3.28. The van der Waals surface area contributed by atoms with Crippen molar-refractivity contribution in [1.82, 2.24) is 10.6 Å². The van der Waals surface area contributed by atoms with E-state index in [1.165, 1.54) is 0 Å². The summed E-state index contributed by atoms with van der Waals surface area (Å²) in [4.78, 5) is 11.4. The largest absolute Gasteiger partial charge is 0.354 e. The van der Waals surface area contributed by atoms with E-state index in [1.54, 1.807) is 13.8 Å². The number of hydrogen-bond acceptors (Lipinski definition) is 4. The van der Waals surface area contributed by atoms with Crippen LogP contribution in [-0.4, -0.2) is 44.5 Å². The van der Waals surface area contributed by atoms with Gasteiger partial charge in [0.1, 0.15) is 5.75 Å². The fourth-order valence-electron chi connectivity index (χ4n) is 1.57. The minimum Gasteiger partial charge on any atom is -0.354 e. The Labute approximate surface area is 109 Å². The molecule has 1 saturated heterocycles. The van der Waals surface area contributed by atoms with E-state index < -0.39 is 26.7 Å². The van der Waals surface area contributed by atoms with Crippen LogP contribution in [0.1, 0.15) is 26.7 Å². The van der Waals surface area contributed by atoms with Crippen LogP contribution < -0.4 is 10.6 Å². The van der Waals surface area contributed by atoms with E-state index in [0.29, 0.717) is 12.6 Å². The fourth-order valence-corrected chi connectivity index (χ4v) is 2.37. The van der Waals surface area contributed by atoms with Gasteiger partial charge in [0.25, 0.3) is 0 Å². The van der Waals surface area contributed by atoms with Crippen molar-refractivity contribution in [2.24, 2.45) is 0 Å². The van der Waals surface area contributed by atoms with Crippen LogP contribution in [0.4, 0.5) is 0 Å². The average Bonchev–Trinajstić information content (AvgIpc) is 2.66. The fraction of sp³-hybridized carbons (Fsp3) is 0.900. The lowest BCUT2D eigenvalue weighted by atomic mass is 10.2. The zero-order chi connectivity index (χ0) is 12.2. The standard InChI is InChI=1S/C10H20N2O3S.ClH/c1-8(2)16(14,15)7-10(13)12-6-9-4-3-5-11-9;/h8-9,11H,3-7H2,1-2H3,(H,12,13);1H. The van der Waals surface area contributed by atoms with E-state index in [0.717, 1.165) is 19.4 Å². The first-order valence-electron chi connectivity index (χ1n) is 5.63. The molecule has 1 fully saturated rings. The quantitative estimate of drug-likeness (QED) is 0.751. The summed E-state index contributed by atoms with van der Waals surface area (Å²) in [6.45, 7) is 4.67. The van der Waals surface area contributed by atoms with Crippen molar-refractivity contribution in [3.63, 3.8) is 0 Å². The predicted octanol–water partition coefficient (Wildman–Crippen LogP) is 0.0996. The first kappa shape index (κ1) is 16.7. The summed E-state index contributed by atoms with van der Waals surface area (Å²) in [5, 5.41) is 5.39. The number of carbonyl (C=O) groups excluding carboxylic acids is 1. The molecule has 1 unspecified atom stereocenters. The Morgan fingerprint density at radius 1 is 1.47 bits per heavy atom. The van der Waals surface area contributed by atoms with Gasteiger partial charge < -0.3 is 10.6 Å². The minimum absolute atomic E-state index is 0. The number of rotatable bonds is 5. The van der Waals surface area contributed by atoms with Crippen molar-refractivity contribution in [3.8, 4) is 0 Å². The summed E-state index contributed by atoms with van der Waals surface area (Å²) in [6.07, 6.45) is 2.15. The summed E-state index contributed by atoms with van der Waals surface area (Å²) in [5.41, 5.74) is 0. The molecule has 2 N–H and O–H groups in total. The summed E-state index contributed by atoms with van der Waals surface area (Å²) >= 11 is 0. The van der Waals surface area contributed by atoms with Gasteiger partial charge >= 0.3 is 0 Å². The third-order valence-corrected chi connectivity index (χ3v) is 4.86. The molecule has 17 heavy (non-hydrogen) atoms. The van der Waals surface area contributed by atoms with Gasteiger partial charge in [-0.3, -0.25) is 4.79 Å². The second-order valence-electron chi connectivity index (χ2n) is 4.45. The van der Waals surface area contributed by atoms with Crippen LogP contribution in [0.15, 0.2) is 0 Å². The highest BCUT2D eigenvalue weighted by molar-refractivity contribution is 7.92. The zero-order valence-corrected chi connectivity index (χ0v) is 11.9. The van der Waals surface area contributed by atoms with Gasteiger partial charge in [0.15, 0.2) is 9.84 Å². The van der Waals surface area contributed by atoms with E-state index in [4.69, 9.17) is 0 Å². The van der Waals surface area contributed by atoms with Gasteiger partial charge in [-0.25, -0.2) is 8.42 Å². The Hall–Kier alpha value is -0.330. The zero-order valence-electron chi connectivity index (χ0n) is 10.2. The van der Waals surface area contributed by atoms with Crippen LogP contribution in [0.25, 0.3) is 0 Å². The van der Waals surface area contributed by atoms with Gasteiger partial charge in [-0.2, -0.15) is 0 Å². The Morgan fingerprint density at radius 3 is 2.59 bits per heavy atom. The van der Waals surface area contributed by atoms with Crippen LogP contribution in [0, 0.1) is 0 Å². The maximum Gasteiger partial charge on any atom is 0.235 e. The topological polar surface area (TPSA) is 75.3 Å². The molecule has 102 valence electrons. The number of hydrogen-bond donors (Lipinski definition) is 2. The molecule has 5 nitrogen and oxygen atoms in total. The van der Waals surface area contributed by atoms with Crippen LogP contribution >= 0.6 is 12.4 Å². The molecule has 0 aliphatic carbocycles. The molecule has 7 heteroatoms. The maximum atomic E-state index is 11.5. The van der Waals surface area contributed by atoms with Gasteiger partial charge in [0.2, 0.25) is 5.91 Å². The molecule has 0 aromatic carbocycles. The van der Waals surface area contributed by atoms with Crippen molar-refractivity contribution in [3.05, 3.63) is 0 Å². The van der Waals surface area contributed by atoms with E-state index in [2.05, 4.69) is 10.6 Å². The highest BCUT2D eigenvalue weighted by atomic mass is 35.5. The van der Waals surface area contributed by atoms with Gasteiger partial charge in [-0.05, 0) is 33.2 Å². The number of sulfone groups is 1. The molecule has 1 aliphatic rings. The molecular weight excluding hydrogens is 264 g/mol. The number of carbonyl (C=O) groups is 1. The Morgan fingerprint density at radius 2 is 2.12 bits per heavy atom. The average molecular weight is 285 g/mol. The van der Waals surface area contributed by atoms with Crippen molar-refractivity contribution in [2.45, 2.75) is 38.0 Å². The minimum atomic E-state index is -3.28. The van der Waals surface area contributed by atoms with Gasteiger partial charge in [-0.1, -0.05) is 0 Å². The normalized spacial score (nSPS) is 20.1. The predicted molar refractivity (Wildman–Crippen MR) is 70.2 cm³/mol. The number of amides is 1. The van der Waals surface area contributed by atoms with Crippen LogP contribution in [0.5, 0.6) is 0 Å². The van der Waals surface area contributed by atoms with E-state index in [9.17, 15) is 13.2 Å². The van der Waals surface area contributed by atoms with Crippen LogP contribution in [-0.2, 0) is 14.6 Å². The molecule has 0 bridgehead atoms. The van der Waals surface area contributed by atoms with Gasteiger partial charge in [0, 0.05) is 12.6 Å². The van der Waals surface area contributed by atoms with Crippen molar-refractivity contribution < 1.29 is 13.2 Å². The number of nitrogens with one attached hydrogen (secondary N) is 2. The van der Waals surface area contributed by atoms with E-state index in [-0.39, 0.29) is 12.4 Å². The second kappa shape index (κ2) is 7.18. The Balaban J connectivity index is 0.00000256. The van der Waals surface area contributed by atoms with Gasteiger partial charge in [-0.15, -0.1) is 12.4 Å². The highest BCUT2D eigenvalue weighted by Gasteiger charge is 2.21. The maximum absolute atomic E-state index is 11.5.